The maximum Gasteiger partial charge on any atom is 0.241 e. The van der Waals surface area contributed by atoms with Gasteiger partial charge in [-0.05, 0) is 38.5 Å². The molecule has 0 heterocycles. The van der Waals surface area contributed by atoms with Crippen molar-refractivity contribution >= 4 is 11.9 Å². The summed E-state index contributed by atoms with van der Waals surface area (Å²) in [6.45, 7) is 7.63. The van der Waals surface area contributed by atoms with E-state index in [4.69, 9.17) is 9.47 Å². The summed E-state index contributed by atoms with van der Waals surface area (Å²) in [6, 6.07) is 7.36. The predicted molar refractivity (Wildman–Crippen MR) is 106 cm³/mol. The van der Waals surface area contributed by atoms with E-state index in [-0.39, 0.29) is 25.1 Å². The average molecular weight is 380 g/mol. The molecule has 1 aromatic carbocycles. The number of ether oxygens (including phenoxy) is 2. The number of nitrogens with one attached hydrogen (secondary N) is 3. The number of carbonyl (C=O) groups is 1. The van der Waals surface area contributed by atoms with Crippen molar-refractivity contribution in [3.05, 3.63) is 29.8 Å². The molecule has 27 heavy (non-hydrogen) atoms. The van der Waals surface area contributed by atoms with Crippen molar-refractivity contribution in [3.8, 4) is 5.75 Å². The number of guanidine groups is 1. The highest BCUT2D eigenvalue weighted by Crippen LogP contribution is 2.19. The van der Waals surface area contributed by atoms with Crippen LogP contribution in [0.5, 0.6) is 5.75 Å². The van der Waals surface area contributed by atoms with Gasteiger partial charge in [0.25, 0.3) is 0 Å². The summed E-state index contributed by atoms with van der Waals surface area (Å²) in [5, 5.41) is 19.2. The van der Waals surface area contributed by atoms with E-state index >= 15 is 0 Å². The van der Waals surface area contributed by atoms with Crippen LogP contribution in [0.4, 0.5) is 0 Å². The quantitative estimate of drug-likeness (QED) is 0.257. The normalized spacial score (nSPS) is 12.6. The van der Waals surface area contributed by atoms with Gasteiger partial charge >= 0.3 is 0 Å². The zero-order valence-corrected chi connectivity index (χ0v) is 16.6. The third kappa shape index (κ3) is 9.81. The Morgan fingerprint density at radius 2 is 2.04 bits per heavy atom. The van der Waals surface area contributed by atoms with E-state index < -0.39 is 6.10 Å². The maximum atomic E-state index is 11.7. The van der Waals surface area contributed by atoms with E-state index in [9.17, 15) is 9.90 Å². The van der Waals surface area contributed by atoms with E-state index in [0.29, 0.717) is 25.7 Å². The highest BCUT2D eigenvalue weighted by atomic mass is 16.5. The van der Waals surface area contributed by atoms with Crippen molar-refractivity contribution in [2.24, 2.45) is 4.99 Å². The molecule has 0 saturated heterocycles. The first-order chi connectivity index (χ1) is 13.0. The lowest BCUT2D eigenvalue weighted by atomic mass is 10.1. The van der Waals surface area contributed by atoms with Crippen molar-refractivity contribution < 1.29 is 19.4 Å². The molecule has 0 aliphatic heterocycles. The van der Waals surface area contributed by atoms with Gasteiger partial charge in [-0.25, -0.2) is 4.99 Å². The zero-order valence-electron chi connectivity index (χ0n) is 16.6. The van der Waals surface area contributed by atoms with Crippen LogP contribution in [0.15, 0.2) is 29.3 Å². The van der Waals surface area contributed by atoms with Gasteiger partial charge in [-0.1, -0.05) is 12.1 Å². The van der Waals surface area contributed by atoms with Crippen LogP contribution in [0.25, 0.3) is 0 Å². The number of rotatable bonds is 11. The smallest absolute Gasteiger partial charge is 0.241 e. The van der Waals surface area contributed by atoms with Crippen LogP contribution in [0.1, 0.15) is 32.4 Å². The monoisotopic (exact) mass is 380 g/mol. The lowest BCUT2D eigenvalue weighted by molar-refractivity contribution is -0.119. The number of aliphatic hydroxyl groups is 1. The van der Waals surface area contributed by atoms with Gasteiger partial charge in [-0.3, -0.25) is 4.79 Å². The zero-order chi connectivity index (χ0) is 20.1. The van der Waals surface area contributed by atoms with E-state index in [1.54, 1.807) is 7.11 Å². The minimum atomic E-state index is -0.736. The van der Waals surface area contributed by atoms with Gasteiger partial charge in [0.1, 0.15) is 12.3 Å². The first-order valence-corrected chi connectivity index (χ1v) is 9.18. The SMILES string of the molecule is CCNC(=NCC(=O)NCCOC)NCC(O)c1cccc(OC(C)C)c1. The van der Waals surface area contributed by atoms with Crippen molar-refractivity contribution in [3.63, 3.8) is 0 Å². The second-order valence-electron chi connectivity index (χ2n) is 6.17. The number of carbonyl (C=O) groups excluding carboxylic acids is 1. The molecule has 0 fully saturated rings. The number of hydrogen-bond acceptors (Lipinski definition) is 5. The number of benzene rings is 1. The molecule has 0 aliphatic rings. The maximum absolute atomic E-state index is 11.7. The number of amides is 1. The summed E-state index contributed by atoms with van der Waals surface area (Å²) >= 11 is 0. The highest BCUT2D eigenvalue weighted by molar-refractivity contribution is 5.84. The lowest BCUT2D eigenvalue weighted by Crippen LogP contribution is -2.40. The Hall–Kier alpha value is -2.32. The fraction of sp³-hybridized carbons (Fsp3) is 0.579. The third-order valence-corrected chi connectivity index (χ3v) is 3.43. The fourth-order valence-corrected chi connectivity index (χ4v) is 2.22. The molecule has 1 aromatic rings. The third-order valence-electron chi connectivity index (χ3n) is 3.43. The Labute approximate surface area is 161 Å². The van der Waals surface area contributed by atoms with E-state index in [2.05, 4.69) is 20.9 Å². The van der Waals surface area contributed by atoms with Gasteiger partial charge < -0.3 is 30.5 Å². The molecule has 1 atom stereocenters. The Balaban J connectivity index is 2.57. The van der Waals surface area contributed by atoms with Gasteiger partial charge in [0.05, 0.1) is 18.8 Å². The van der Waals surface area contributed by atoms with Crippen LogP contribution in [-0.4, -0.2) is 63.0 Å². The average Bonchev–Trinajstić information content (AvgIpc) is 2.63. The van der Waals surface area contributed by atoms with E-state index in [1.807, 2.05) is 45.0 Å². The largest absolute Gasteiger partial charge is 0.491 e. The summed E-state index contributed by atoms with van der Waals surface area (Å²) in [6.07, 6.45) is -0.668. The van der Waals surface area contributed by atoms with Gasteiger partial charge in [-0.15, -0.1) is 0 Å². The molecular formula is C19H32N4O4. The predicted octanol–water partition coefficient (Wildman–Crippen LogP) is 0.825. The standard InChI is InChI=1S/C19H32N4O4/c1-5-20-19(23-13-18(25)21-9-10-26-4)22-12-17(24)15-7-6-8-16(11-15)27-14(2)3/h6-8,11,14,17,24H,5,9-10,12-13H2,1-4H3,(H,21,25)(H2,20,22,23). The molecule has 4 N–H and O–H groups in total. The molecule has 1 amide bonds. The number of aliphatic imine (C=N–C) groups is 1. The molecular weight excluding hydrogens is 348 g/mol. The first-order valence-electron chi connectivity index (χ1n) is 9.18. The minimum absolute atomic E-state index is 0.00709. The van der Waals surface area contributed by atoms with Crippen LogP contribution in [0.2, 0.25) is 0 Å². The Morgan fingerprint density at radius 3 is 2.70 bits per heavy atom. The number of hydrogen-bond donors (Lipinski definition) is 4. The molecule has 152 valence electrons. The van der Waals surface area contributed by atoms with Crippen molar-refractivity contribution in [2.45, 2.75) is 33.0 Å². The van der Waals surface area contributed by atoms with Crippen LogP contribution in [0.3, 0.4) is 0 Å². The van der Waals surface area contributed by atoms with Gasteiger partial charge in [-0.2, -0.15) is 0 Å². The number of methoxy groups -OCH3 is 1. The number of aliphatic hydroxyl groups excluding tert-OH is 1. The van der Waals surface area contributed by atoms with Crippen molar-refractivity contribution in [2.75, 3.05) is 39.9 Å². The van der Waals surface area contributed by atoms with Gasteiger partial charge in [0.15, 0.2) is 5.96 Å². The van der Waals surface area contributed by atoms with E-state index in [1.165, 1.54) is 0 Å². The van der Waals surface area contributed by atoms with Crippen molar-refractivity contribution in [1.29, 1.82) is 0 Å². The molecule has 1 unspecified atom stereocenters. The molecule has 8 heteroatoms. The molecule has 0 radical (unpaired) electrons. The first kappa shape index (κ1) is 22.7. The summed E-state index contributed by atoms with van der Waals surface area (Å²) in [7, 11) is 1.58. The Kier molecular flexibility index (Phi) is 10.9. The van der Waals surface area contributed by atoms with Gasteiger partial charge in [0, 0.05) is 26.7 Å². The van der Waals surface area contributed by atoms with Crippen molar-refractivity contribution in [1.82, 2.24) is 16.0 Å². The minimum Gasteiger partial charge on any atom is -0.491 e. The van der Waals surface area contributed by atoms with Crippen LogP contribution < -0.4 is 20.7 Å². The topological polar surface area (TPSA) is 104 Å². The summed E-state index contributed by atoms with van der Waals surface area (Å²) in [5.74, 6) is 0.992. The summed E-state index contributed by atoms with van der Waals surface area (Å²) < 4.78 is 10.5. The second kappa shape index (κ2) is 12.9. The van der Waals surface area contributed by atoms with E-state index in [0.717, 1.165) is 11.3 Å². The summed E-state index contributed by atoms with van der Waals surface area (Å²) in [5.41, 5.74) is 0.744. The highest BCUT2D eigenvalue weighted by Gasteiger charge is 2.10. The molecule has 0 saturated carbocycles. The number of nitrogens with zero attached hydrogens (tertiary/aromatic N) is 1. The molecule has 0 aromatic heterocycles. The molecule has 8 nitrogen and oxygen atoms in total. The lowest BCUT2D eigenvalue weighted by Gasteiger charge is -2.17. The second-order valence-corrected chi connectivity index (χ2v) is 6.17. The molecule has 0 bridgehead atoms. The molecule has 0 spiro atoms. The fourth-order valence-electron chi connectivity index (χ4n) is 2.22. The Morgan fingerprint density at radius 1 is 1.26 bits per heavy atom. The summed E-state index contributed by atoms with van der Waals surface area (Å²) in [4.78, 5) is 15.9. The van der Waals surface area contributed by atoms with Gasteiger partial charge in [0.2, 0.25) is 5.91 Å². The molecule has 0 aliphatic carbocycles. The van der Waals surface area contributed by atoms with Crippen LogP contribution >= 0.6 is 0 Å². The van der Waals surface area contributed by atoms with Crippen LogP contribution in [0, 0.1) is 0 Å². The molecule has 1 rings (SSSR count). The Bertz CT molecular complexity index is 593. The van der Waals surface area contributed by atoms with Crippen LogP contribution in [-0.2, 0) is 9.53 Å².